The molecule has 0 fully saturated rings. The third kappa shape index (κ3) is 4.73. The second-order valence-electron chi connectivity index (χ2n) is 7.95. The highest BCUT2D eigenvalue weighted by atomic mass is 16.6. The largest absolute Gasteiger partial charge is 0.444 e. The van der Waals surface area contributed by atoms with Crippen LogP contribution >= 0.6 is 0 Å². The van der Waals surface area contributed by atoms with Gasteiger partial charge in [-0.2, -0.15) is 0 Å². The van der Waals surface area contributed by atoms with E-state index in [0.717, 1.165) is 35.4 Å². The first kappa shape index (κ1) is 20.8. The van der Waals surface area contributed by atoms with E-state index in [1.165, 1.54) is 5.39 Å². The summed E-state index contributed by atoms with van der Waals surface area (Å²) in [6, 6.07) is 16.7. The summed E-state index contributed by atoms with van der Waals surface area (Å²) in [7, 11) is 0. The lowest BCUT2D eigenvalue weighted by atomic mass is 9.96. The molecule has 4 rings (SSSR count). The van der Waals surface area contributed by atoms with Crippen LogP contribution in [0.5, 0.6) is 0 Å². The lowest BCUT2D eigenvalue weighted by molar-refractivity contribution is 0.0501. The molecule has 1 amide bonds. The molecule has 1 unspecified atom stereocenters. The van der Waals surface area contributed by atoms with Crippen molar-refractivity contribution in [2.24, 2.45) is 0 Å². The summed E-state index contributed by atoms with van der Waals surface area (Å²) in [5, 5.41) is 4.23. The van der Waals surface area contributed by atoms with E-state index in [-0.39, 0.29) is 12.1 Å². The third-order valence-corrected chi connectivity index (χ3v) is 4.78. The van der Waals surface area contributed by atoms with Crippen LogP contribution in [0, 0.1) is 0 Å². The predicted molar refractivity (Wildman–Crippen MR) is 120 cm³/mol. The fourth-order valence-corrected chi connectivity index (χ4v) is 3.64. The lowest BCUT2D eigenvalue weighted by Gasteiger charge is -2.36. The average molecular weight is 394 g/mol. The monoisotopic (exact) mass is 393 g/mol. The Morgan fingerprint density at radius 3 is 2.66 bits per heavy atom. The summed E-state index contributed by atoms with van der Waals surface area (Å²) in [5.74, 6) is 0. The van der Waals surface area contributed by atoms with Gasteiger partial charge in [0.1, 0.15) is 5.60 Å². The van der Waals surface area contributed by atoms with Crippen LogP contribution in [0.1, 0.15) is 52.6 Å². The maximum atomic E-state index is 12.3. The minimum absolute atomic E-state index is 0.0525. The summed E-state index contributed by atoms with van der Waals surface area (Å²) in [6.07, 6.45) is 2.41. The Kier molecular flexibility index (Phi) is 6.16. The van der Waals surface area contributed by atoms with Crippen molar-refractivity contribution in [3.05, 3.63) is 60.3 Å². The number of ether oxygens (including phenoxy) is 1. The van der Waals surface area contributed by atoms with Crippen molar-refractivity contribution in [1.29, 1.82) is 0 Å². The summed E-state index contributed by atoms with van der Waals surface area (Å²) < 4.78 is 5.44. The van der Waals surface area contributed by atoms with Crippen molar-refractivity contribution in [3.63, 3.8) is 0 Å². The number of carbonyl (C=O) groups is 1. The van der Waals surface area contributed by atoms with Gasteiger partial charge in [-0.1, -0.05) is 32.0 Å². The van der Waals surface area contributed by atoms with Crippen LogP contribution in [-0.2, 0) is 4.74 Å². The first-order valence-corrected chi connectivity index (χ1v) is 10.3. The number of hydrogen-bond donors (Lipinski definition) is 2. The number of alkyl carbamates (subject to hydrolysis) is 1. The van der Waals surface area contributed by atoms with Crippen LogP contribution in [-0.4, -0.2) is 23.2 Å². The SMILES string of the molecule is CC.CC(C)(C)OC(=O)NC1CCN(c2ccc3[nH]ccc3c2)c2ccccc21. The molecule has 5 heteroatoms. The fourth-order valence-electron chi connectivity index (χ4n) is 3.64. The molecule has 2 N–H and O–H groups in total. The normalized spacial score (nSPS) is 15.9. The van der Waals surface area contributed by atoms with E-state index in [1.807, 2.05) is 52.9 Å². The lowest BCUT2D eigenvalue weighted by Crippen LogP contribution is -2.39. The number of fused-ring (bicyclic) bond motifs is 2. The van der Waals surface area contributed by atoms with Gasteiger partial charge in [-0.05, 0) is 63.1 Å². The Hall–Kier alpha value is -2.95. The Bertz CT molecular complexity index is 971. The molecule has 29 heavy (non-hydrogen) atoms. The van der Waals surface area contributed by atoms with Gasteiger partial charge in [0.05, 0.1) is 6.04 Å². The number of nitrogens with zero attached hydrogens (tertiary/aromatic N) is 1. The number of anilines is 2. The van der Waals surface area contributed by atoms with Crippen molar-refractivity contribution in [2.75, 3.05) is 11.4 Å². The molecule has 0 bridgehead atoms. The minimum atomic E-state index is -0.504. The molecule has 0 saturated carbocycles. The number of nitrogens with one attached hydrogen (secondary N) is 2. The third-order valence-electron chi connectivity index (χ3n) is 4.78. The molecular weight excluding hydrogens is 362 g/mol. The van der Waals surface area contributed by atoms with Gasteiger partial charge in [0.25, 0.3) is 0 Å². The molecule has 2 aromatic carbocycles. The topological polar surface area (TPSA) is 57.4 Å². The van der Waals surface area contributed by atoms with Gasteiger partial charge in [-0.25, -0.2) is 4.79 Å². The van der Waals surface area contributed by atoms with E-state index in [9.17, 15) is 4.79 Å². The summed E-state index contributed by atoms with van der Waals surface area (Å²) in [4.78, 5) is 17.8. The molecule has 0 spiro atoms. The molecule has 0 saturated heterocycles. The molecular formula is C24H31N3O2. The number of carbonyl (C=O) groups excluding carboxylic acids is 1. The van der Waals surface area contributed by atoms with Crippen molar-refractivity contribution in [3.8, 4) is 0 Å². The van der Waals surface area contributed by atoms with Crippen molar-refractivity contribution in [1.82, 2.24) is 10.3 Å². The van der Waals surface area contributed by atoms with Crippen molar-refractivity contribution >= 4 is 28.4 Å². The molecule has 1 aromatic heterocycles. The van der Waals surface area contributed by atoms with Gasteiger partial charge in [-0.15, -0.1) is 0 Å². The molecule has 0 radical (unpaired) electrons. The smallest absolute Gasteiger partial charge is 0.408 e. The number of para-hydroxylation sites is 1. The quantitative estimate of drug-likeness (QED) is 0.537. The van der Waals surface area contributed by atoms with Gasteiger partial charge < -0.3 is 19.9 Å². The zero-order valence-corrected chi connectivity index (χ0v) is 18.0. The van der Waals surface area contributed by atoms with Gasteiger partial charge in [0, 0.05) is 35.0 Å². The Morgan fingerprint density at radius 1 is 1.14 bits per heavy atom. The fraction of sp³-hybridized carbons (Fsp3) is 0.375. The van der Waals surface area contributed by atoms with Gasteiger partial charge in [0.2, 0.25) is 0 Å². The number of aromatic amines is 1. The first-order valence-electron chi connectivity index (χ1n) is 10.3. The Balaban J connectivity index is 0.00000117. The van der Waals surface area contributed by atoms with Gasteiger partial charge >= 0.3 is 6.09 Å². The average Bonchev–Trinajstić information content (AvgIpc) is 3.16. The number of aromatic nitrogens is 1. The van der Waals surface area contributed by atoms with Crippen LogP contribution < -0.4 is 10.2 Å². The Morgan fingerprint density at radius 2 is 1.90 bits per heavy atom. The molecule has 5 nitrogen and oxygen atoms in total. The molecule has 2 heterocycles. The molecule has 1 atom stereocenters. The summed E-state index contributed by atoms with van der Waals surface area (Å²) >= 11 is 0. The highest BCUT2D eigenvalue weighted by Crippen LogP contribution is 2.39. The first-order chi connectivity index (χ1) is 13.9. The maximum absolute atomic E-state index is 12.3. The number of hydrogen-bond acceptors (Lipinski definition) is 3. The van der Waals surface area contributed by atoms with Crippen molar-refractivity contribution < 1.29 is 9.53 Å². The number of amides is 1. The number of rotatable bonds is 2. The highest BCUT2D eigenvalue weighted by Gasteiger charge is 2.28. The van der Waals surface area contributed by atoms with Crippen LogP contribution in [0.4, 0.5) is 16.2 Å². The molecule has 3 aromatic rings. The van der Waals surface area contributed by atoms with Crippen molar-refractivity contribution in [2.45, 2.75) is 52.7 Å². The highest BCUT2D eigenvalue weighted by molar-refractivity contribution is 5.85. The molecule has 154 valence electrons. The number of H-pyrrole nitrogens is 1. The van der Waals surface area contributed by atoms with Crippen LogP contribution in [0.3, 0.4) is 0 Å². The Labute approximate surface area is 173 Å². The van der Waals surface area contributed by atoms with E-state index >= 15 is 0 Å². The maximum Gasteiger partial charge on any atom is 0.408 e. The van der Waals surface area contributed by atoms with Gasteiger partial charge in [-0.3, -0.25) is 0 Å². The zero-order valence-electron chi connectivity index (χ0n) is 18.0. The second-order valence-corrected chi connectivity index (χ2v) is 7.95. The van der Waals surface area contributed by atoms with E-state index in [0.29, 0.717) is 0 Å². The molecule has 1 aliphatic rings. The van der Waals surface area contributed by atoms with Crippen LogP contribution in [0.25, 0.3) is 10.9 Å². The van der Waals surface area contributed by atoms with Gasteiger partial charge in [0.15, 0.2) is 0 Å². The minimum Gasteiger partial charge on any atom is -0.444 e. The van der Waals surface area contributed by atoms with E-state index in [2.05, 4.69) is 51.6 Å². The van der Waals surface area contributed by atoms with E-state index in [1.54, 1.807) is 0 Å². The summed E-state index contributed by atoms with van der Waals surface area (Å²) in [6.45, 7) is 10.5. The number of benzene rings is 2. The molecule has 0 aliphatic carbocycles. The van der Waals surface area contributed by atoms with E-state index in [4.69, 9.17) is 4.74 Å². The molecule has 1 aliphatic heterocycles. The predicted octanol–water partition coefficient (Wildman–Crippen LogP) is 6.30. The van der Waals surface area contributed by atoms with E-state index < -0.39 is 5.60 Å². The summed E-state index contributed by atoms with van der Waals surface area (Å²) in [5.41, 5.74) is 4.03. The second kappa shape index (κ2) is 8.60. The standard InChI is InChI=1S/C22H25N3O2.C2H6/c1-22(2,3)27-21(26)24-19-11-13-25(20-7-5-4-6-17(19)20)16-8-9-18-15(14-16)10-12-23-18;1-2/h4-10,12,14,19,23H,11,13H2,1-3H3,(H,24,26);1-2H3. The van der Waals surface area contributed by atoms with Crippen LogP contribution in [0.2, 0.25) is 0 Å². The zero-order chi connectivity index (χ0) is 21.0. The van der Waals surface area contributed by atoms with Crippen LogP contribution in [0.15, 0.2) is 54.7 Å².